The molecule has 1 aromatic heterocycles. The molecule has 0 aliphatic carbocycles. The summed E-state index contributed by atoms with van der Waals surface area (Å²) in [6.45, 7) is 8.22. The Bertz CT molecular complexity index is 568. The molecule has 0 bridgehead atoms. The van der Waals surface area contributed by atoms with Crippen LogP contribution in [-0.2, 0) is 13.2 Å². The molecule has 1 N–H and O–H groups in total. The van der Waals surface area contributed by atoms with Gasteiger partial charge < -0.3 is 14.4 Å². The van der Waals surface area contributed by atoms with Crippen molar-refractivity contribution in [1.29, 1.82) is 0 Å². The van der Waals surface area contributed by atoms with Gasteiger partial charge in [-0.25, -0.2) is 0 Å². The summed E-state index contributed by atoms with van der Waals surface area (Å²) in [5.74, 6) is 2.17. The zero-order valence-corrected chi connectivity index (χ0v) is 12.3. The van der Waals surface area contributed by atoms with Crippen LogP contribution < -0.4 is 4.74 Å². The standard InChI is InChI=1S/C15H20N2O3/c1-9(2)15-16-13(17-20-15)8-19-14-10(3)5-12(7-18)6-11(14)4/h5-6,9,18H,7-8H2,1-4H3. The number of hydrogen-bond donors (Lipinski definition) is 1. The lowest BCUT2D eigenvalue weighted by atomic mass is 10.1. The van der Waals surface area contributed by atoms with Crippen molar-refractivity contribution < 1.29 is 14.4 Å². The van der Waals surface area contributed by atoms with Gasteiger partial charge in [-0.3, -0.25) is 0 Å². The highest BCUT2D eigenvalue weighted by Gasteiger charge is 2.12. The lowest BCUT2D eigenvalue weighted by Gasteiger charge is -2.12. The van der Waals surface area contributed by atoms with Gasteiger partial charge in [0, 0.05) is 5.92 Å². The predicted molar refractivity (Wildman–Crippen MR) is 74.6 cm³/mol. The van der Waals surface area contributed by atoms with Crippen LogP contribution in [0.5, 0.6) is 5.75 Å². The number of benzene rings is 1. The van der Waals surface area contributed by atoms with E-state index >= 15 is 0 Å². The van der Waals surface area contributed by atoms with Crippen molar-refractivity contribution in [3.05, 3.63) is 40.5 Å². The van der Waals surface area contributed by atoms with Gasteiger partial charge in [-0.1, -0.05) is 31.1 Å². The summed E-state index contributed by atoms with van der Waals surface area (Å²) in [4.78, 5) is 4.28. The van der Waals surface area contributed by atoms with Crippen molar-refractivity contribution in [1.82, 2.24) is 10.1 Å². The minimum Gasteiger partial charge on any atom is -0.485 e. The Labute approximate surface area is 118 Å². The lowest BCUT2D eigenvalue weighted by Crippen LogP contribution is -2.02. The Morgan fingerprint density at radius 3 is 2.40 bits per heavy atom. The number of aliphatic hydroxyl groups excluding tert-OH is 1. The summed E-state index contributed by atoms with van der Waals surface area (Å²) in [6.07, 6.45) is 0. The second-order valence-electron chi connectivity index (χ2n) is 5.21. The van der Waals surface area contributed by atoms with Crippen LogP contribution in [-0.4, -0.2) is 15.2 Å². The van der Waals surface area contributed by atoms with Crippen LogP contribution in [0.1, 0.15) is 48.2 Å². The third-order valence-electron chi connectivity index (χ3n) is 3.03. The number of rotatable bonds is 5. The maximum atomic E-state index is 9.17. The first-order chi connectivity index (χ1) is 9.51. The molecule has 0 radical (unpaired) electrons. The summed E-state index contributed by atoms with van der Waals surface area (Å²) in [5, 5.41) is 13.1. The van der Waals surface area contributed by atoms with Crippen LogP contribution in [0.25, 0.3) is 0 Å². The summed E-state index contributed by atoms with van der Waals surface area (Å²) in [7, 11) is 0. The van der Waals surface area contributed by atoms with Crippen LogP contribution in [0.15, 0.2) is 16.7 Å². The van der Waals surface area contributed by atoms with Gasteiger partial charge in [0.1, 0.15) is 5.75 Å². The van der Waals surface area contributed by atoms with Gasteiger partial charge in [-0.05, 0) is 30.5 Å². The predicted octanol–water partition coefficient (Wildman–Crippen LogP) is 2.88. The van der Waals surface area contributed by atoms with Crippen LogP contribution in [0, 0.1) is 13.8 Å². The van der Waals surface area contributed by atoms with E-state index < -0.39 is 0 Å². The van der Waals surface area contributed by atoms with Gasteiger partial charge in [-0.2, -0.15) is 4.98 Å². The maximum Gasteiger partial charge on any atom is 0.229 e. The molecule has 0 atom stereocenters. The van der Waals surface area contributed by atoms with Gasteiger partial charge >= 0.3 is 0 Å². The molecule has 20 heavy (non-hydrogen) atoms. The largest absolute Gasteiger partial charge is 0.485 e. The fourth-order valence-electron chi connectivity index (χ4n) is 2.06. The topological polar surface area (TPSA) is 68.4 Å². The third kappa shape index (κ3) is 3.17. The quantitative estimate of drug-likeness (QED) is 0.909. The van der Waals surface area contributed by atoms with Crippen molar-refractivity contribution in [2.45, 2.75) is 46.8 Å². The van der Waals surface area contributed by atoms with Crippen molar-refractivity contribution in [3.8, 4) is 5.75 Å². The molecule has 2 aromatic rings. The van der Waals surface area contributed by atoms with E-state index in [1.165, 1.54) is 0 Å². The Hall–Kier alpha value is -1.88. The minimum atomic E-state index is 0.0323. The summed E-state index contributed by atoms with van der Waals surface area (Å²) < 4.78 is 10.9. The molecule has 1 heterocycles. The van der Waals surface area contributed by atoms with Crippen molar-refractivity contribution in [3.63, 3.8) is 0 Å². The van der Waals surface area contributed by atoms with E-state index in [1.807, 2.05) is 39.8 Å². The molecule has 0 spiro atoms. The van der Waals surface area contributed by atoms with Crippen LogP contribution in [0.4, 0.5) is 0 Å². The van der Waals surface area contributed by atoms with Gasteiger partial charge in [0.15, 0.2) is 6.61 Å². The first kappa shape index (κ1) is 14.5. The zero-order valence-electron chi connectivity index (χ0n) is 12.3. The van der Waals surface area contributed by atoms with Crippen LogP contribution >= 0.6 is 0 Å². The molecule has 1 aromatic carbocycles. The normalized spacial score (nSPS) is 11.1. The Balaban J connectivity index is 2.10. The van der Waals surface area contributed by atoms with E-state index in [4.69, 9.17) is 14.4 Å². The Kier molecular flexibility index (Phi) is 4.39. The molecule has 2 rings (SSSR count). The van der Waals surface area contributed by atoms with Crippen LogP contribution in [0.2, 0.25) is 0 Å². The third-order valence-corrected chi connectivity index (χ3v) is 3.03. The number of aryl methyl sites for hydroxylation is 2. The van der Waals surface area contributed by atoms with Crippen molar-refractivity contribution in [2.75, 3.05) is 0 Å². The molecule has 5 nitrogen and oxygen atoms in total. The molecule has 0 saturated carbocycles. The molecule has 108 valence electrons. The molecule has 5 heteroatoms. The highest BCUT2D eigenvalue weighted by molar-refractivity contribution is 5.43. The van der Waals surface area contributed by atoms with Gasteiger partial charge in [0.25, 0.3) is 0 Å². The lowest BCUT2D eigenvalue weighted by molar-refractivity contribution is 0.276. The number of ether oxygens (including phenoxy) is 1. The van der Waals surface area contributed by atoms with E-state index in [2.05, 4.69) is 10.1 Å². The number of nitrogens with zero attached hydrogens (tertiary/aromatic N) is 2. The second-order valence-corrected chi connectivity index (χ2v) is 5.21. The summed E-state index contributed by atoms with van der Waals surface area (Å²) >= 11 is 0. The number of hydrogen-bond acceptors (Lipinski definition) is 5. The molecule has 0 unspecified atom stereocenters. The van der Waals surface area contributed by atoms with Crippen molar-refractivity contribution in [2.24, 2.45) is 0 Å². The fraction of sp³-hybridized carbons (Fsp3) is 0.467. The number of aromatic nitrogens is 2. The Morgan fingerprint density at radius 1 is 1.25 bits per heavy atom. The first-order valence-electron chi connectivity index (χ1n) is 6.67. The second kappa shape index (κ2) is 6.05. The highest BCUT2D eigenvalue weighted by Crippen LogP contribution is 2.25. The molecular formula is C15H20N2O3. The summed E-state index contributed by atoms with van der Waals surface area (Å²) in [6, 6.07) is 3.83. The molecule has 0 saturated heterocycles. The summed E-state index contributed by atoms with van der Waals surface area (Å²) in [5.41, 5.74) is 2.86. The van der Waals surface area contributed by atoms with E-state index in [0.717, 1.165) is 22.4 Å². The maximum absolute atomic E-state index is 9.17. The van der Waals surface area contributed by atoms with E-state index in [9.17, 15) is 0 Å². The molecule has 0 aliphatic heterocycles. The smallest absolute Gasteiger partial charge is 0.229 e. The monoisotopic (exact) mass is 276 g/mol. The fourth-order valence-corrected chi connectivity index (χ4v) is 2.06. The minimum absolute atomic E-state index is 0.0323. The number of aliphatic hydroxyl groups is 1. The zero-order chi connectivity index (χ0) is 14.7. The molecule has 0 aliphatic rings. The molecular weight excluding hydrogens is 256 g/mol. The highest BCUT2D eigenvalue weighted by atomic mass is 16.5. The van der Waals surface area contributed by atoms with Crippen molar-refractivity contribution >= 4 is 0 Å². The van der Waals surface area contributed by atoms with E-state index in [1.54, 1.807) is 0 Å². The first-order valence-corrected chi connectivity index (χ1v) is 6.67. The SMILES string of the molecule is Cc1cc(CO)cc(C)c1OCc1noc(C(C)C)n1. The van der Waals surface area contributed by atoms with Crippen LogP contribution in [0.3, 0.4) is 0 Å². The Morgan fingerprint density at radius 2 is 1.90 bits per heavy atom. The molecule has 0 amide bonds. The van der Waals surface area contributed by atoms with Gasteiger partial charge in [-0.15, -0.1) is 0 Å². The van der Waals surface area contributed by atoms with E-state index in [0.29, 0.717) is 11.7 Å². The van der Waals surface area contributed by atoms with Gasteiger partial charge in [0.05, 0.1) is 6.61 Å². The molecule has 0 fully saturated rings. The average Bonchev–Trinajstić information content (AvgIpc) is 2.86. The average molecular weight is 276 g/mol. The van der Waals surface area contributed by atoms with Gasteiger partial charge in [0.2, 0.25) is 11.7 Å². The van der Waals surface area contributed by atoms with E-state index in [-0.39, 0.29) is 19.1 Å².